The molecule has 0 radical (unpaired) electrons. The molecule has 0 aliphatic rings. The standard InChI is InChI=1S/C23H25BN2O5/c1-14-13-21(26-25-18-7-11-19(30-4)12-8-18)15(2)16(3)22(14)23(27)31-20-9-5-17(6-10-20)24(28)29/h5-13,25-26,28-29H,1-4H3. The van der Waals surface area contributed by atoms with E-state index in [-0.39, 0.29) is 0 Å². The van der Waals surface area contributed by atoms with Gasteiger partial charge in [-0.3, -0.25) is 0 Å². The first-order valence-corrected chi connectivity index (χ1v) is 9.75. The highest BCUT2D eigenvalue weighted by atomic mass is 16.5. The van der Waals surface area contributed by atoms with E-state index in [0.717, 1.165) is 33.8 Å². The van der Waals surface area contributed by atoms with Crippen LogP contribution in [0, 0.1) is 20.8 Å². The Morgan fingerprint density at radius 1 is 0.871 bits per heavy atom. The van der Waals surface area contributed by atoms with Crippen molar-refractivity contribution in [3.63, 3.8) is 0 Å². The summed E-state index contributed by atoms with van der Waals surface area (Å²) in [4.78, 5) is 12.8. The van der Waals surface area contributed by atoms with Crippen LogP contribution in [0.2, 0.25) is 0 Å². The SMILES string of the molecule is COc1ccc(NNc2cc(C)c(C(=O)Oc3ccc(B(O)O)cc3)c(C)c2C)cc1. The highest BCUT2D eigenvalue weighted by Gasteiger charge is 2.19. The number of nitrogens with one attached hydrogen (secondary N) is 2. The summed E-state index contributed by atoms with van der Waals surface area (Å²) in [6.07, 6.45) is 0. The third-order valence-electron chi connectivity index (χ3n) is 5.12. The number of hydrogen-bond donors (Lipinski definition) is 4. The van der Waals surface area contributed by atoms with Gasteiger partial charge in [-0.25, -0.2) is 4.79 Å². The minimum atomic E-state index is -1.57. The lowest BCUT2D eigenvalue weighted by Gasteiger charge is -2.18. The van der Waals surface area contributed by atoms with Gasteiger partial charge < -0.3 is 30.4 Å². The Balaban J connectivity index is 1.75. The molecule has 31 heavy (non-hydrogen) atoms. The van der Waals surface area contributed by atoms with E-state index in [1.54, 1.807) is 7.11 Å². The van der Waals surface area contributed by atoms with Crippen molar-refractivity contribution in [3.8, 4) is 11.5 Å². The number of hydrogen-bond acceptors (Lipinski definition) is 7. The molecule has 7 nitrogen and oxygen atoms in total. The number of esters is 1. The molecule has 0 fully saturated rings. The van der Waals surface area contributed by atoms with E-state index in [0.29, 0.717) is 16.8 Å². The number of carbonyl (C=O) groups excluding carboxylic acids is 1. The van der Waals surface area contributed by atoms with E-state index in [9.17, 15) is 14.8 Å². The van der Waals surface area contributed by atoms with E-state index < -0.39 is 13.1 Å². The predicted octanol–water partition coefficient (Wildman–Crippen LogP) is 2.96. The van der Waals surface area contributed by atoms with Crippen LogP contribution in [0.3, 0.4) is 0 Å². The van der Waals surface area contributed by atoms with E-state index in [2.05, 4.69) is 10.9 Å². The molecule has 3 aromatic rings. The Kier molecular flexibility index (Phi) is 6.84. The summed E-state index contributed by atoms with van der Waals surface area (Å²) in [5, 5.41) is 18.3. The molecule has 0 unspecified atom stereocenters. The van der Waals surface area contributed by atoms with Crippen LogP contribution >= 0.6 is 0 Å². The quantitative estimate of drug-likeness (QED) is 0.202. The van der Waals surface area contributed by atoms with Gasteiger partial charge in [0.15, 0.2) is 0 Å². The molecule has 0 atom stereocenters. The van der Waals surface area contributed by atoms with Crippen LogP contribution in [0.5, 0.6) is 11.5 Å². The van der Waals surface area contributed by atoms with Crippen molar-refractivity contribution in [1.29, 1.82) is 0 Å². The number of ether oxygens (including phenoxy) is 2. The van der Waals surface area contributed by atoms with Gasteiger partial charge in [-0.05, 0) is 85.4 Å². The molecular formula is C23H25BN2O5. The fourth-order valence-electron chi connectivity index (χ4n) is 3.21. The maximum atomic E-state index is 12.8. The fraction of sp³-hybridized carbons (Fsp3) is 0.174. The maximum Gasteiger partial charge on any atom is 0.488 e. The lowest BCUT2D eigenvalue weighted by Crippen LogP contribution is -2.29. The summed E-state index contributed by atoms with van der Waals surface area (Å²) in [7, 11) is 0.0555. The molecule has 8 heteroatoms. The summed E-state index contributed by atoms with van der Waals surface area (Å²) < 4.78 is 10.7. The molecule has 0 aliphatic heterocycles. The van der Waals surface area contributed by atoms with Crippen molar-refractivity contribution in [1.82, 2.24) is 0 Å². The van der Waals surface area contributed by atoms with Crippen molar-refractivity contribution in [2.24, 2.45) is 0 Å². The molecule has 0 spiro atoms. The third-order valence-corrected chi connectivity index (χ3v) is 5.12. The van der Waals surface area contributed by atoms with Gasteiger partial charge in [-0.2, -0.15) is 0 Å². The Morgan fingerprint density at radius 3 is 2.06 bits per heavy atom. The van der Waals surface area contributed by atoms with E-state index in [1.807, 2.05) is 51.1 Å². The molecule has 0 saturated carbocycles. The Morgan fingerprint density at radius 2 is 1.48 bits per heavy atom. The monoisotopic (exact) mass is 420 g/mol. The number of aryl methyl sites for hydroxylation is 1. The summed E-state index contributed by atoms with van der Waals surface area (Å²) in [6, 6.07) is 15.5. The topological polar surface area (TPSA) is 100 Å². The van der Waals surface area contributed by atoms with Crippen LogP contribution in [-0.2, 0) is 0 Å². The first kappa shape index (κ1) is 22.2. The summed E-state index contributed by atoms with van der Waals surface area (Å²) in [5.74, 6) is 0.637. The molecule has 4 N–H and O–H groups in total. The van der Waals surface area contributed by atoms with Crippen LogP contribution in [0.1, 0.15) is 27.0 Å². The molecule has 3 aromatic carbocycles. The van der Waals surface area contributed by atoms with Gasteiger partial charge >= 0.3 is 13.1 Å². The van der Waals surface area contributed by atoms with Gasteiger partial charge in [0.25, 0.3) is 0 Å². The van der Waals surface area contributed by atoms with Crippen LogP contribution in [0.25, 0.3) is 0 Å². The van der Waals surface area contributed by atoms with Gasteiger partial charge in [-0.1, -0.05) is 12.1 Å². The summed E-state index contributed by atoms with van der Waals surface area (Å²) in [6.45, 7) is 5.66. The van der Waals surface area contributed by atoms with E-state index in [1.165, 1.54) is 24.3 Å². The molecule has 160 valence electrons. The number of carbonyl (C=O) groups is 1. The van der Waals surface area contributed by atoms with Crippen LogP contribution in [0.15, 0.2) is 54.6 Å². The molecule has 0 saturated heterocycles. The lowest BCUT2D eigenvalue weighted by molar-refractivity contribution is 0.0733. The molecule has 0 heterocycles. The molecule has 0 aromatic heterocycles. The zero-order valence-electron chi connectivity index (χ0n) is 17.9. The second kappa shape index (κ2) is 9.55. The molecule has 0 aliphatic carbocycles. The van der Waals surface area contributed by atoms with E-state index in [4.69, 9.17) is 9.47 Å². The highest BCUT2D eigenvalue weighted by molar-refractivity contribution is 6.58. The minimum Gasteiger partial charge on any atom is -0.497 e. The van der Waals surface area contributed by atoms with Gasteiger partial charge in [0.2, 0.25) is 0 Å². The second-order valence-corrected chi connectivity index (χ2v) is 7.18. The molecular weight excluding hydrogens is 395 g/mol. The largest absolute Gasteiger partial charge is 0.497 e. The molecule has 0 amide bonds. The summed E-state index contributed by atoms with van der Waals surface area (Å²) in [5.41, 5.74) is 11.4. The summed E-state index contributed by atoms with van der Waals surface area (Å²) >= 11 is 0. The van der Waals surface area contributed by atoms with Gasteiger partial charge in [0.1, 0.15) is 11.5 Å². The molecule has 0 bridgehead atoms. The number of hydrazine groups is 1. The second-order valence-electron chi connectivity index (χ2n) is 7.18. The smallest absolute Gasteiger partial charge is 0.488 e. The van der Waals surface area contributed by atoms with Gasteiger partial charge in [0.05, 0.1) is 24.0 Å². The van der Waals surface area contributed by atoms with Crippen molar-refractivity contribution in [2.75, 3.05) is 18.0 Å². The number of benzene rings is 3. The maximum absolute atomic E-state index is 12.8. The highest BCUT2D eigenvalue weighted by Crippen LogP contribution is 2.27. The zero-order valence-corrected chi connectivity index (χ0v) is 17.9. The van der Waals surface area contributed by atoms with Crippen LogP contribution in [0.4, 0.5) is 11.4 Å². The Bertz CT molecular complexity index is 1070. The van der Waals surface area contributed by atoms with Crippen LogP contribution < -0.4 is 25.8 Å². The van der Waals surface area contributed by atoms with Gasteiger partial charge in [-0.15, -0.1) is 0 Å². The van der Waals surface area contributed by atoms with Gasteiger partial charge in [0, 0.05) is 0 Å². The van der Waals surface area contributed by atoms with Crippen molar-refractivity contribution in [3.05, 3.63) is 76.9 Å². The molecule has 3 rings (SSSR count). The number of anilines is 2. The van der Waals surface area contributed by atoms with Crippen molar-refractivity contribution < 1.29 is 24.3 Å². The van der Waals surface area contributed by atoms with Crippen LogP contribution in [-0.4, -0.2) is 30.2 Å². The average molecular weight is 420 g/mol. The Hall–Kier alpha value is -3.49. The fourth-order valence-corrected chi connectivity index (χ4v) is 3.21. The predicted molar refractivity (Wildman–Crippen MR) is 122 cm³/mol. The Labute approximate surface area is 181 Å². The minimum absolute atomic E-state index is 0.322. The van der Waals surface area contributed by atoms with Crippen molar-refractivity contribution >= 4 is 29.9 Å². The number of methoxy groups -OCH3 is 1. The normalized spacial score (nSPS) is 10.4. The van der Waals surface area contributed by atoms with Crippen molar-refractivity contribution in [2.45, 2.75) is 20.8 Å². The number of rotatable bonds is 7. The average Bonchev–Trinajstić information content (AvgIpc) is 2.76. The first-order valence-electron chi connectivity index (χ1n) is 9.75. The zero-order chi connectivity index (χ0) is 22.5. The first-order chi connectivity index (χ1) is 14.8. The lowest BCUT2D eigenvalue weighted by atomic mass is 9.80. The van der Waals surface area contributed by atoms with E-state index >= 15 is 0 Å². The third kappa shape index (κ3) is 5.17.